The largest absolute Gasteiger partial charge is 0.456 e. The van der Waals surface area contributed by atoms with Crippen LogP contribution in [0.15, 0.2) is 294 Å². The van der Waals surface area contributed by atoms with Gasteiger partial charge in [0.2, 0.25) is 0 Å². The zero-order valence-electron chi connectivity index (χ0n) is 53.8. The van der Waals surface area contributed by atoms with Crippen molar-refractivity contribution in [2.45, 2.75) is 52.4 Å². The van der Waals surface area contributed by atoms with E-state index in [4.69, 9.17) is 8.83 Å². The maximum absolute atomic E-state index is 7.11. The third-order valence-corrected chi connectivity index (χ3v) is 20.4. The molecule has 0 spiro atoms. The second-order valence-corrected chi connectivity index (χ2v) is 28.1. The van der Waals surface area contributed by atoms with Gasteiger partial charge in [-0.25, -0.2) is 0 Å². The Morgan fingerprint density at radius 2 is 0.832 bits per heavy atom. The molecule has 4 heterocycles. The standard InChI is InChI=1S/C88H65BN4O2/c1-87(2,3)59-35-40-62(41-36-59)91-76-49-65(93(75-27-17-26-69-67-24-12-15-29-81(67)95-86(69)75)74-47-34-57-31-30-55-20-16-21-56-33-45-70(74)84(57)83(55)56)44-46-72(76)89-73-52-71-68-25-13-14-28-80(68)94-82(71)53-77(73)92(63-42-37-60(38-43-63)88(4,5)6)79-51-66(50-78(91)85(79)89)90(61-22-8-7-9-23-61)64-39-32-54-18-10-11-19-58(54)48-64/h7-53H,1-6H3. The van der Waals surface area contributed by atoms with Crippen LogP contribution in [0.1, 0.15) is 52.7 Å². The van der Waals surface area contributed by atoms with E-state index >= 15 is 0 Å². The predicted molar refractivity (Wildman–Crippen MR) is 403 cm³/mol. The highest BCUT2D eigenvalue weighted by Gasteiger charge is 2.45. The molecule has 95 heavy (non-hydrogen) atoms. The van der Waals surface area contributed by atoms with Crippen LogP contribution in [0.25, 0.3) is 87.0 Å². The molecule has 2 aromatic heterocycles. The van der Waals surface area contributed by atoms with Crippen LogP contribution in [0.4, 0.5) is 68.2 Å². The van der Waals surface area contributed by atoms with Crippen molar-refractivity contribution >= 4 is 178 Å². The van der Waals surface area contributed by atoms with E-state index < -0.39 is 0 Å². The highest BCUT2D eigenvalue weighted by atomic mass is 16.3. The lowest BCUT2D eigenvalue weighted by molar-refractivity contribution is 0.590. The molecule has 2 aliphatic rings. The van der Waals surface area contributed by atoms with E-state index in [1.807, 2.05) is 0 Å². The fraction of sp³-hybridized carbons (Fsp3) is 0.0909. The molecule has 19 rings (SSSR count). The zero-order valence-corrected chi connectivity index (χ0v) is 53.8. The summed E-state index contributed by atoms with van der Waals surface area (Å²) in [5.41, 5.74) is 22.0. The Kier molecular flexibility index (Phi) is 11.9. The molecule has 0 N–H and O–H groups in total. The number of anilines is 12. The molecule has 6 nitrogen and oxygen atoms in total. The van der Waals surface area contributed by atoms with E-state index in [1.54, 1.807) is 0 Å². The van der Waals surface area contributed by atoms with Gasteiger partial charge in [-0.05, 0) is 173 Å². The molecule has 0 atom stereocenters. The molecular formula is C88H65BN4O2. The molecule has 0 amide bonds. The molecule has 7 heteroatoms. The van der Waals surface area contributed by atoms with Crippen molar-refractivity contribution < 1.29 is 8.83 Å². The second kappa shape index (κ2) is 20.5. The minimum Gasteiger partial charge on any atom is -0.456 e. The summed E-state index contributed by atoms with van der Waals surface area (Å²) in [6.45, 7) is 13.5. The summed E-state index contributed by atoms with van der Waals surface area (Å²) < 4.78 is 14.0. The van der Waals surface area contributed by atoms with Crippen LogP contribution in [0.5, 0.6) is 0 Å². The van der Waals surface area contributed by atoms with E-state index in [0.717, 1.165) is 118 Å². The number of benzene rings is 15. The van der Waals surface area contributed by atoms with Crippen molar-refractivity contribution in [3.63, 3.8) is 0 Å². The monoisotopic (exact) mass is 1220 g/mol. The van der Waals surface area contributed by atoms with Crippen LogP contribution < -0.4 is 36.0 Å². The van der Waals surface area contributed by atoms with E-state index in [9.17, 15) is 0 Å². The molecule has 0 aliphatic carbocycles. The van der Waals surface area contributed by atoms with Crippen LogP contribution in [-0.4, -0.2) is 6.71 Å². The SMILES string of the molecule is CC(C)(C)c1ccc(N2c3cc(N(c4ccc5ccc6cccc7ccc4c5c67)c4cccc5c4oc4ccccc45)ccc3B3c4cc5c(cc4N(c4ccc(C(C)(C)C)cc4)c4cc(N(c6ccccc6)c6ccc7ccccc7c6)cc2c43)oc2ccccc25)cc1. The van der Waals surface area contributed by atoms with E-state index in [2.05, 4.69) is 346 Å². The lowest BCUT2D eigenvalue weighted by Crippen LogP contribution is -2.61. The summed E-state index contributed by atoms with van der Waals surface area (Å²) in [6, 6.07) is 106. The molecule has 452 valence electrons. The van der Waals surface area contributed by atoms with Crippen LogP contribution in [-0.2, 0) is 10.8 Å². The van der Waals surface area contributed by atoms with Gasteiger partial charge in [-0.3, -0.25) is 0 Å². The Bertz CT molecular complexity index is 5960. The average Bonchev–Trinajstić information content (AvgIpc) is 1.38. The van der Waals surface area contributed by atoms with Crippen molar-refractivity contribution in [3.8, 4) is 0 Å². The first-order valence-corrected chi connectivity index (χ1v) is 33.2. The predicted octanol–water partition coefficient (Wildman–Crippen LogP) is 23.2. The molecule has 17 aromatic rings. The molecule has 15 aromatic carbocycles. The highest BCUT2D eigenvalue weighted by Crippen LogP contribution is 2.53. The van der Waals surface area contributed by atoms with Crippen molar-refractivity contribution in [1.29, 1.82) is 0 Å². The normalized spacial score (nSPS) is 13.1. The number of hydrogen-bond acceptors (Lipinski definition) is 6. The van der Waals surface area contributed by atoms with Crippen LogP contribution in [0.3, 0.4) is 0 Å². The summed E-state index contributed by atoms with van der Waals surface area (Å²) in [4.78, 5) is 10.0. The average molecular weight is 1220 g/mol. The number of nitrogens with zero attached hydrogens (tertiary/aromatic N) is 4. The molecule has 0 bridgehead atoms. The highest BCUT2D eigenvalue weighted by molar-refractivity contribution is 7.00. The smallest absolute Gasteiger partial charge is 0.252 e. The molecule has 0 saturated heterocycles. The van der Waals surface area contributed by atoms with Gasteiger partial charge in [-0.15, -0.1) is 0 Å². The van der Waals surface area contributed by atoms with Gasteiger partial charge < -0.3 is 28.4 Å². The Hall–Kier alpha value is -11.5. The maximum Gasteiger partial charge on any atom is 0.252 e. The third kappa shape index (κ3) is 8.51. The first-order valence-electron chi connectivity index (χ1n) is 33.2. The van der Waals surface area contributed by atoms with Crippen molar-refractivity contribution in [2.75, 3.05) is 19.6 Å². The topological polar surface area (TPSA) is 39.2 Å². The van der Waals surface area contributed by atoms with Crippen molar-refractivity contribution in [2.24, 2.45) is 0 Å². The van der Waals surface area contributed by atoms with Gasteiger partial charge in [-0.1, -0.05) is 224 Å². The fourth-order valence-corrected chi connectivity index (χ4v) is 15.8. The Labute approximate surface area is 552 Å². The molecule has 0 fully saturated rings. The number of fused-ring (bicyclic) bond motifs is 11. The number of para-hydroxylation sites is 4. The molecule has 0 saturated carbocycles. The lowest BCUT2D eigenvalue weighted by Gasteiger charge is -2.45. The molecular weight excluding hydrogens is 1160 g/mol. The van der Waals surface area contributed by atoms with Gasteiger partial charge in [0.15, 0.2) is 5.58 Å². The minimum atomic E-state index is -0.242. The van der Waals surface area contributed by atoms with Gasteiger partial charge in [0.05, 0.1) is 17.1 Å². The lowest BCUT2D eigenvalue weighted by atomic mass is 9.33. The number of hydrogen-bond donors (Lipinski definition) is 0. The number of rotatable bonds is 8. The van der Waals surface area contributed by atoms with Crippen molar-refractivity contribution in [1.82, 2.24) is 0 Å². The molecule has 0 radical (unpaired) electrons. The minimum absolute atomic E-state index is 0.0568. The third-order valence-electron chi connectivity index (χ3n) is 20.4. The summed E-state index contributed by atoms with van der Waals surface area (Å²) in [6.07, 6.45) is 0. The van der Waals surface area contributed by atoms with Gasteiger partial charge >= 0.3 is 0 Å². The Morgan fingerprint density at radius 3 is 1.53 bits per heavy atom. The van der Waals surface area contributed by atoms with Gasteiger partial charge in [0, 0.05) is 84.2 Å². The molecule has 0 unspecified atom stereocenters. The van der Waals surface area contributed by atoms with Gasteiger partial charge in [0.25, 0.3) is 6.71 Å². The van der Waals surface area contributed by atoms with Crippen LogP contribution >= 0.6 is 0 Å². The van der Waals surface area contributed by atoms with E-state index in [-0.39, 0.29) is 17.5 Å². The quantitative estimate of drug-likeness (QED) is 0.112. The van der Waals surface area contributed by atoms with Crippen LogP contribution in [0.2, 0.25) is 0 Å². The van der Waals surface area contributed by atoms with Gasteiger partial charge in [0.1, 0.15) is 16.7 Å². The van der Waals surface area contributed by atoms with E-state index in [0.29, 0.717) is 0 Å². The zero-order chi connectivity index (χ0) is 63.6. The summed E-state index contributed by atoms with van der Waals surface area (Å²) in [5, 5.41) is 14.0. The van der Waals surface area contributed by atoms with Gasteiger partial charge in [-0.2, -0.15) is 0 Å². The first kappa shape index (κ1) is 55.1. The summed E-state index contributed by atoms with van der Waals surface area (Å²) in [5.74, 6) is 0. The van der Waals surface area contributed by atoms with Crippen molar-refractivity contribution in [3.05, 3.63) is 296 Å². The molecule has 2 aliphatic heterocycles. The maximum atomic E-state index is 7.11. The van der Waals surface area contributed by atoms with Crippen LogP contribution in [0, 0.1) is 0 Å². The fourth-order valence-electron chi connectivity index (χ4n) is 15.8. The first-order chi connectivity index (χ1) is 46.4. The number of furan rings is 2. The Balaban J connectivity index is 0.943. The van der Waals surface area contributed by atoms with E-state index in [1.165, 1.54) is 65.2 Å². The summed E-state index contributed by atoms with van der Waals surface area (Å²) >= 11 is 0. The Morgan fingerprint density at radius 1 is 0.305 bits per heavy atom. The second-order valence-electron chi connectivity index (χ2n) is 28.1. The summed E-state index contributed by atoms with van der Waals surface area (Å²) in [7, 11) is 0.